The van der Waals surface area contributed by atoms with Crippen molar-refractivity contribution in [3.63, 3.8) is 0 Å². The maximum absolute atomic E-state index is 11.9. The maximum Gasteiger partial charge on any atom is 0.241 e. The molecule has 22 heavy (non-hydrogen) atoms. The molecule has 5 nitrogen and oxygen atoms in total. The molecule has 0 aliphatic heterocycles. The predicted octanol–water partition coefficient (Wildman–Crippen LogP) is 1.99. The summed E-state index contributed by atoms with van der Waals surface area (Å²) in [5.74, 6) is 0.556. The summed E-state index contributed by atoms with van der Waals surface area (Å²) in [4.78, 5) is 25.2. The molecule has 122 valence electrons. The quantitative estimate of drug-likeness (QED) is 0.874. The molecule has 0 saturated carbocycles. The number of nitrogens with zero attached hydrogens (tertiary/aromatic N) is 1. The number of hydrogen-bond acceptors (Lipinski definition) is 3. The van der Waals surface area contributed by atoms with Gasteiger partial charge in [0.1, 0.15) is 12.4 Å². The first-order valence-electron chi connectivity index (χ1n) is 7.42. The van der Waals surface area contributed by atoms with Crippen LogP contribution in [0.3, 0.4) is 0 Å². The maximum atomic E-state index is 11.9. The van der Waals surface area contributed by atoms with Gasteiger partial charge < -0.3 is 15.0 Å². The minimum absolute atomic E-state index is 0.0109. The Balaban J connectivity index is 2.33. The average molecular weight is 306 g/mol. The molecule has 0 fully saturated rings. The summed E-state index contributed by atoms with van der Waals surface area (Å²) in [5, 5.41) is 2.65. The van der Waals surface area contributed by atoms with E-state index in [1.807, 2.05) is 52.0 Å². The number of carbonyl (C=O) groups excluding carboxylic acids is 2. The molecule has 0 atom stereocenters. The van der Waals surface area contributed by atoms with Crippen molar-refractivity contribution in [2.75, 3.05) is 26.7 Å². The van der Waals surface area contributed by atoms with Crippen LogP contribution in [0.15, 0.2) is 24.3 Å². The van der Waals surface area contributed by atoms with Crippen molar-refractivity contribution in [2.45, 2.75) is 27.7 Å². The molecule has 1 rings (SSSR count). The minimum Gasteiger partial charge on any atom is -0.491 e. The number of benzene rings is 1. The van der Waals surface area contributed by atoms with E-state index >= 15 is 0 Å². The van der Waals surface area contributed by atoms with Crippen LogP contribution in [-0.4, -0.2) is 43.5 Å². The zero-order chi connectivity index (χ0) is 16.8. The van der Waals surface area contributed by atoms with E-state index in [-0.39, 0.29) is 18.4 Å². The standard InChI is InChI=1S/C17H26N2O3/c1-13-8-6-7-9-14(13)22-11-10-19(5)15(20)12-18-16(21)17(2,3)4/h6-9H,10-12H2,1-5H3,(H,18,21). The van der Waals surface area contributed by atoms with Gasteiger partial charge in [0.25, 0.3) is 0 Å². The van der Waals surface area contributed by atoms with Crippen molar-refractivity contribution in [3.05, 3.63) is 29.8 Å². The summed E-state index contributed by atoms with van der Waals surface area (Å²) in [6.07, 6.45) is 0. The molecule has 2 amide bonds. The average Bonchev–Trinajstić information content (AvgIpc) is 2.45. The summed E-state index contributed by atoms with van der Waals surface area (Å²) < 4.78 is 5.66. The lowest BCUT2D eigenvalue weighted by Crippen LogP contribution is -2.43. The summed E-state index contributed by atoms with van der Waals surface area (Å²) in [6, 6.07) is 7.75. The monoisotopic (exact) mass is 306 g/mol. The Hall–Kier alpha value is -2.04. The molecule has 1 aromatic rings. The van der Waals surface area contributed by atoms with Crippen LogP contribution in [0.2, 0.25) is 0 Å². The lowest BCUT2D eigenvalue weighted by molar-refractivity contribution is -0.134. The molecule has 0 unspecified atom stereocenters. The topological polar surface area (TPSA) is 58.6 Å². The van der Waals surface area contributed by atoms with Gasteiger partial charge in [0.2, 0.25) is 11.8 Å². The third-order valence-electron chi connectivity index (χ3n) is 3.28. The molecule has 1 aromatic carbocycles. The molecule has 0 aromatic heterocycles. The third-order valence-corrected chi connectivity index (χ3v) is 3.28. The van der Waals surface area contributed by atoms with Crippen LogP contribution < -0.4 is 10.1 Å². The first-order valence-corrected chi connectivity index (χ1v) is 7.42. The van der Waals surface area contributed by atoms with Crippen LogP contribution in [0.25, 0.3) is 0 Å². The van der Waals surface area contributed by atoms with E-state index < -0.39 is 5.41 Å². The Kier molecular flexibility index (Phi) is 6.40. The molecule has 1 N–H and O–H groups in total. The van der Waals surface area contributed by atoms with Gasteiger partial charge in [0.05, 0.1) is 13.1 Å². The number of para-hydroxylation sites is 1. The van der Waals surface area contributed by atoms with Gasteiger partial charge in [0.15, 0.2) is 0 Å². The predicted molar refractivity (Wildman–Crippen MR) is 86.8 cm³/mol. The highest BCUT2D eigenvalue weighted by molar-refractivity contribution is 5.87. The number of likely N-dealkylation sites (N-methyl/N-ethyl adjacent to an activating group) is 1. The fraction of sp³-hybridized carbons (Fsp3) is 0.529. The molecular formula is C17H26N2O3. The Morgan fingerprint density at radius 3 is 2.45 bits per heavy atom. The van der Waals surface area contributed by atoms with E-state index in [0.29, 0.717) is 13.2 Å². The summed E-state index contributed by atoms with van der Waals surface area (Å²) in [5.41, 5.74) is 0.571. The summed E-state index contributed by atoms with van der Waals surface area (Å²) in [6.45, 7) is 8.31. The number of rotatable bonds is 6. The Labute approximate surface area is 132 Å². The number of carbonyl (C=O) groups is 2. The highest BCUT2D eigenvalue weighted by Gasteiger charge is 2.22. The number of aryl methyl sites for hydroxylation is 1. The lowest BCUT2D eigenvalue weighted by atomic mass is 9.96. The summed E-state index contributed by atoms with van der Waals surface area (Å²) >= 11 is 0. The third kappa shape index (κ3) is 5.76. The molecule has 0 heterocycles. The van der Waals surface area contributed by atoms with E-state index in [9.17, 15) is 9.59 Å². The molecule has 0 aliphatic rings. The molecule has 5 heteroatoms. The van der Waals surface area contributed by atoms with Gasteiger partial charge in [-0.2, -0.15) is 0 Å². The SMILES string of the molecule is Cc1ccccc1OCCN(C)C(=O)CNC(=O)C(C)(C)C. The number of nitrogens with one attached hydrogen (secondary N) is 1. The first kappa shape index (κ1) is 18.0. The minimum atomic E-state index is -0.493. The fourth-order valence-electron chi connectivity index (χ4n) is 1.69. The van der Waals surface area contributed by atoms with Gasteiger partial charge in [-0.1, -0.05) is 39.0 Å². The largest absolute Gasteiger partial charge is 0.491 e. The van der Waals surface area contributed by atoms with E-state index in [2.05, 4.69) is 5.32 Å². The fourth-order valence-corrected chi connectivity index (χ4v) is 1.69. The molecule has 0 bridgehead atoms. The Morgan fingerprint density at radius 2 is 1.86 bits per heavy atom. The molecule has 0 aliphatic carbocycles. The molecular weight excluding hydrogens is 280 g/mol. The lowest BCUT2D eigenvalue weighted by Gasteiger charge is -2.21. The van der Waals surface area contributed by atoms with Crippen LogP contribution in [0.1, 0.15) is 26.3 Å². The van der Waals surface area contributed by atoms with Crippen molar-refractivity contribution in [1.29, 1.82) is 0 Å². The van der Waals surface area contributed by atoms with Gasteiger partial charge in [0, 0.05) is 12.5 Å². The van der Waals surface area contributed by atoms with Crippen LogP contribution in [0, 0.1) is 12.3 Å². The smallest absolute Gasteiger partial charge is 0.241 e. The Morgan fingerprint density at radius 1 is 1.23 bits per heavy atom. The van der Waals surface area contributed by atoms with E-state index in [1.54, 1.807) is 11.9 Å². The molecule has 0 radical (unpaired) electrons. The van der Waals surface area contributed by atoms with Crippen molar-refractivity contribution < 1.29 is 14.3 Å². The van der Waals surface area contributed by atoms with Gasteiger partial charge in [-0.15, -0.1) is 0 Å². The normalized spacial score (nSPS) is 11.0. The van der Waals surface area contributed by atoms with Gasteiger partial charge in [-0.3, -0.25) is 9.59 Å². The highest BCUT2D eigenvalue weighted by Crippen LogP contribution is 2.15. The highest BCUT2D eigenvalue weighted by atomic mass is 16.5. The first-order chi connectivity index (χ1) is 10.2. The van der Waals surface area contributed by atoms with Gasteiger partial charge >= 0.3 is 0 Å². The van der Waals surface area contributed by atoms with Crippen LogP contribution in [-0.2, 0) is 9.59 Å². The second-order valence-electron chi connectivity index (χ2n) is 6.36. The Bertz CT molecular complexity index is 521. The van der Waals surface area contributed by atoms with Crippen molar-refractivity contribution in [2.24, 2.45) is 5.41 Å². The van der Waals surface area contributed by atoms with E-state index in [1.165, 1.54) is 0 Å². The molecule has 0 saturated heterocycles. The van der Waals surface area contributed by atoms with E-state index in [0.717, 1.165) is 11.3 Å². The van der Waals surface area contributed by atoms with Gasteiger partial charge in [-0.05, 0) is 18.6 Å². The second kappa shape index (κ2) is 7.82. The zero-order valence-electron chi connectivity index (χ0n) is 14.1. The van der Waals surface area contributed by atoms with Crippen molar-refractivity contribution >= 4 is 11.8 Å². The second-order valence-corrected chi connectivity index (χ2v) is 6.36. The zero-order valence-corrected chi connectivity index (χ0v) is 14.1. The van der Waals surface area contributed by atoms with Gasteiger partial charge in [-0.25, -0.2) is 0 Å². The van der Waals surface area contributed by atoms with Crippen molar-refractivity contribution in [3.8, 4) is 5.75 Å². The number of ether oxygens (including phenoxy) is 1. The number of hydrogen-bond donors (Lipinski definition) is 1. The van der Waals surface area contributed by atoms with Crippen LogP contribution in [0.4, 0.5) is 0 Å². The van der Waals surface area contributed by atoms with E-state index in [4.69, 9.17) is 4.74 Å². The van der Waals surface area contributed by atoms with Crippen LogP contribution in [0.5, 0.6) is 5.75 Å². The van der Waals surface area contributed by atoms with Crippen LogP contribution >= 0.6 is 0 Å². The number of amides is 2. The molecule has 0 spiro atoms. The van der Waals surface area contributed by atoms with Crippen molar-refractivity contribution in [1.82, 2.24) is 10.2 Å². The summed E-state index contributed by atoms with van der Waals surface area (Å²) in [7, 11) is 1.70.